The molecule has 0 aromatic heterocycles. The van der Waals surface area contributed by atoms with E-state index in [1.165, 1.54) is 0 Å². The van der Waals surface area contributed by atoms with Crippen LogP contribution in [0.2, 0.25) is 0 Å². The Kier molecular flexibility index (Phi) is 7.18. The van der Waals surface area contributed by atoms with Gasteiger partial charge >= 0.3 is 10.4 Å². The second kappa shape index (κ2) is 6.59. The smallest absolute Gasteiger partial charge is 0.394 e. The zero-order valence-electron chi connectivity index (χ0n) is 9.50. The van der Waals surface area contributed by atoms with Crippen LogP contribution in [-0.4, -0.2) is 55.7 Å². The lowest BCUT2D eigenvalue weighted by atomic mass is 10.2. The minimum absolute atomic E-state index is 0.179. The molecule has 96 valence electrons. The number of carbonyl (C=O) groups excluding carboxylic acids is 1. The monoisotopic (exact) mass is 255 g/mol. The van der Waals surface area contributed by atoms with E-state index in [0.29, 0.717) is 6.42 Å². The van der Waals surface area contributed by atoms with Gasteiger partial charge in [-0.05, 0) is 5.57 Å². The molecule has 0 amide bonds. The molecule has 0 atom stereocenters. The van der Waals surface area contributed by atoms with Crippen molar-refractivity contribution < 1.29 is 31.9 Å². The number of rotatable bonds is 4. The van der Waals surface area contributed by atoms with Gasteiger partial charge in [-0.2, -0.15) is 8.42 Å². The lowest BCUT2D eigenvalue weighted by Crippen LogP contribution is -2.36. The Morgan fingerprint density at radius 2 is 1.62 bits per heavy atom. The Bertz CT molecular complexity index is 332. The lowest BCUT2D eigenvalue weighted by Gasteiger charge is -2.24. The van der Waals surface area contributed by atoms with Gasteiger partial charge in [0.2, 0.25) is 0 Å². The van der Waals surface area contributed by atoms with Gasteiger partial charge in [0.1, 0.15) is 0 Å². The van der Waals surface area contributed by atoms with Crippen molar-refractivity contribution in [2.45, 2.75) is 6.42 Å². The largest absolute Gasteiger partial charge is 0.545 e. The first-order valence-electron chi connectivity index (χ1n) is 4.22. The van der Waals surface area contributed by atoms with Crippen molar-refractivity contribution >= 4 is 16.4 Å². The SMILES string of the molecule is C=C(CC[N+](C)(C)C)C(=O)[O-].O=S(=O)(O)O. The number of hydrogen-bond acceptors (Lipinski definition) is 4. The minimum atomic E-state index is -4.67. The summed E-state index contributed by atoms with van der Waals surface area (Å²) in [5, 5.41) is 10.2. The molecule has 0 rings (SSSR count). The summed E-state index contributed by atoms with van der Waals surface area (Å²) in [6, 6.07) is 0. The van der Waals surface area contributed by atoms with Gasteiger partial charge in [-0.25, -0.2) is 0 Å². The van der Waals surface area contributed by atoms with Crippen molar-refractivity contribution in [3.05, 3.63) is 12.2 Å². The average Bonchev–Trinajstić information content (AvgIpc) is 1.95. The van der Waals surface area contributed by atoms with Crippen LogP contribution < -0.4 is 5.11 Å². The van der Waals surface area contributed by atoms with Crippen molar-refractivity contribution in [1.29, 1.82) is 0 Å². The topological polar surface area (TPSA) is 115 Å². The van der Waals surface area contributed by atoms with Gasteiger partial charge in [-0.1, -0.05) is 6.58 Å². The number of hydrogen-bond donors (Lipinski definition) is 2. The maximum atomic E-state index is 10.2. The summed E-state index contributed by atoms with van der Waals surface area (Å²) in [4.78, 5) is 10.2. The van der Waals surface area contributed by atoms with E-state index in [0.717, 1.165) is 11.0 Å². The van der Waals surface area contributed by atoms with Gasteiger partial charge in [0.05, 0.1) is 33.7 Å². The summed E-state index contributed by atoms with van der Waals surface area (Å²) in [6.07, 6.45) is 0.492. The highest BCUT2D eigenvalue weighted by atomic mass is 32.3. The number of carboxylic acids is 1. The predicted molar refractivity (Wildman–Crippen MR) is 55.8 cm³/mol. The molecule has 16 heavy (non-hydrogen) atoms. The molecule has 0 heterocycles. The van der Waals surface area contributed by atoms with E-state index in [9.17, 15) is 9.90 Å². The molecule has 2 N–H and O–H groups in total. The molecule has 0 bridgehead atoms. The first-order valence-corrected chi connectivity index (χ1v) is 5.62. The van der Waals surface area contributed by atoms with Crippen molar-refractivity contribution in [3.63, 3.8) is 0 Å². The maximum Gasteiger partial charge on any atom is 0.394 e. The molecule has 0 saturated carbocycles. The maximum absolute atomic E-state index is 10.2. The Balaban J connectivity index is 0. The Morgan fingerprint density at radius 1 is 1.31 bits per heavy atom. The van der Waals surface area contributed by atoms with Gasteiger partial charge in [-0.3, -0.25) is 9.11 Å². The van der Waals surface area contributed by atoms with Crippen LogP contribution in [0.5, 0.6) is 0 Å². The molecule has 0 aromatic rings. The van der Waals surface area contributed by atoms with Crippen LogP contribution in [0.4, 0.5) is 0 Å². The quantitative estimate of drug-likeness (QED) is 0.368. The van der Waals surface area contributed by atoms with Crippen LogP contribution in [0.1, 0.15) is 6.42 Å². The van der Waals surface area contributed by atoms with Crippen molar-refractivity contribution in [1.82, 2.24) is 0 Å². The van der Waals surface area contributed by atoms with Crippen LogP contribution in [0.25, 0.3) is 0 Å². The number of quaternary nitrogens is 1. The van der Waals surface area contributed by atoms with Crippen LogP contribution in [-0.2, 0) is 15.2 Å². The molecule has 0 aromatic carbocycles. The molecule has 0 spiro atoms. The van der Waals surface area contributed by atoms with Crippen molar-refractivity contribution in [3.8, 4) is 0 Å². The van der Waals surface area contributed by atoms with Crippen molar-refractivity contribution in [2.24, 2.45) is 0 Å². The molecule has 0 radical (unpaired) electrons. The van der Waals surface area contributed by atoms with Crippen molar-refractivity contribution in [2.75, 3.05) is 27.7 Å². The lowest BCUT2D eigenvalue weighted by molar-refractivity contribution is -0.870. The normalized spacial score (nSPS) is 11.3. The third-order valence-corrected chi connectivity index (χ3v) is 1.37. The predicted octanol–water partition coefficient (Wildman–Crippen LogP) is -1.26. The second-order valence-electron chi connectivity index (χ2n) is 4.10. The van der Waals surface area contributed by atoms with Crippen LogP contribution in [0, 0.1) is 0 Å². The summed E-state index contributed by atoms with van der Waals surface area (Å²) in [6.45, 7) is 4.16. The molecule has 0 saturated heterocycles. The zero-order valence-corrected chi connectivity index (χ0v) is 10.3. The third kappa shape index (κ3) is 23.1. The first-order chi connectivity index (χ1) is 6.83. The van der Waals surface area contributed by atoms with Gasteiger partial charge in [0.15, 0.2) is 0 Å². The Hall–Kier alpha value is -0.960. The summed E-state index contributed by atoms with van der Waals surface area (Å²) in [7, 11) is 1.34. The first kappa shape index (κ1) is 17.4. The van der Waals surface area contributed by atoms with E-state index in [2.05, 4.69) is 6.58 Å². The highest BCUT2D eigenvalue weighted by molar-refractivity contribution is 7.79. The second-order valence-corrected chi connectivity index (χ2v) is 5.00. The summed E-state index contributed by atoms with van der Waals surface area (Å²) in [5.74, 6) is -1.14. The highest BCUT2D eigenvalue weighted by Crippen LogP contribution is 2.00. The molecule has 7 nitrogen and oxygen atoms in total. The molecule has 0 fully saturated rings. The molecule has 0 unspecified atom stereocenters. The van der Waals surface area contributed by atoms with E-state index in [-0.39, 0.29) is 5.57 Å². The van der Waals surface area contributed by atoms with Gasteiger partial charge < -0.3 is 14.4 Å². The number of nitrogens with zero attached hydrogens (tertiary/aromatic N) is 1. The van der Waals surface area contributed by atoms with Gasteiger partial charge in [0, 0.05) is 6.42 Å². The number of aliphatic carboxylic acids is 1. The Morgan fingerprint density at radius 3 is 1.81 bits per heavy atom. The minimum Gasteiger partial charge on any atom is -0.545 e. The summed E-state index contributed by atoms with van der Waals surface area (Å²) in [5.41, 5.74) is 0.179. The van der Waals surface area contributed by atoms with Crippen LogP contribution in [0.3, 0.4) is 0 Å². The van der Waals surface area contributed by atoms with E-state index >= 15 is 0 Å². The highest BCUT2D eigenvalue weighted by Gasteiger charge is 2.07. The average molecular weight is 255 g/mol. The standard InChI is InChI=1S/C8H15NO2.H2O4S/c1-7(8(10)11)5-6-9(2,3)4;1-5(2,3)4/h1,5-6H2,2-4H3;(H2,1,2,3,4). The van der Waals surface area contributed by atoms with Gasteiger partial charge in [0.25, 0.3) is 0 Å². The van der Waals surface area contributed by atoms with Gasteiger partial charge in [-0.15, -0.1) is 0 Å². The molecule has 0 aliphatic heterocycles. The molecule has 0 aliphatic rings. The summed E-state index contributed by atoms with van der Waals surface area (Å²) >= 11 is 0. The van der Waals surface area contributed by atoms with E-state index in [1.54, 1.807) is 0 Å². The number of carboxylic acid groups (broad SMARTS) is 1. The summed E-state index contributed by atoms with van der Waals surface area (Å²) < 4.78 is 32.3. The zero-order chi connectivity index (χ0) is 13.6. The van der Waals surface area contributed by atoms with Crippen LogP contribution in [0.15, 0.2) is 12.2 Å². The van der Waals surface area contributed by atoms with E-state index in [1.807, 2.05) is 21.1 Å². The van der Waals surface area contributed by atoms with E-state index in [4.69, 9.17) is 17.5 Å². The molecule has 8 heteroatoms. The number of carbonyl (C=O) groups is 1. The Labute approximate surface area is 95.2 Å². The molecular formula is C8H17NO6S. The fraction of sp³-hybridized carbons (Fsp3) is 0.625. The molecule has 0 aliphatic carbocycles. The fourth-order valence-corrected chi connectivity index (χ4v) is 0.572. The van der Waals surface area contributed by atoms with Crippen LogP contribution >= 0.6 is 0 Å². The third-order valence-electron chi connectivity index (χ3n) is 1.37. The fourth-order valence-electron chi connectivity index (χ4n) is 0.572. The molecular weight excluding hydrogens is 238 g/mol. The van der Waals surface area contributed by atoms with E-state index < -0.39 is 16.4 Å².